The zero-order valence-electron chi connectivity index (χ0n) is 14.4. The van der Waals surface area contributed by atoms with Crippen molar-refractivity contribution in [3.8, 4) is 0 Å². The van der Waals surface area contributed by atoms with Gasteiger partial charge in [0.2, 0.25) is 0 Å². The third-order valence-electron chi connectivity index (χ3n) is 4.12. The summed E-state index contributed by atoms with van der Waals surface area (Å²) in [5.41, 5.74) is 3.48. The molecule has 0 bridgehead atoms. The van der Waals surface area contributed by atoms with Crippen LogP contribution in [0.5, 0.6) is 0 Å². The Bertz CT molecular complexity index is 1240. The van der Waals surface area contributed by atoms with E-state index in [1.54, 1.807) is 13.1 Å². The third kappa shape index (κ3) is 2.87. The van der Waals surface area contributed by atoms with E-state index >= 15 is 0 Å². The molecular formula is C19H15BrN4OS. The lowest BCUT2D eigenvalue weighted by Crippen LogP contribution is -2.19. The van der Waals surface area contributed by atoms with Gasteiger partial charge in [-0.05, 0) is 50.1 Å². The molecule has 5 nitrogen and oxygen atoms in total. The Balaban J connectivity index is 1.91. The number of aromatic nitrogens is 3. The minimum Gasteiger partial charge on any atom is -0.266 e. The molecule has 1 aromatic carbocycles. The Morgan fingerprint density at radius 3 is 2.62 bits per heavy atom. The van der Waals surface area contributed by atoms with E-state index in [-0.39, 0.29) is 5.56 Å². The van der Waals surface area contributed by atoms with Crippen LogP contribution in [0.1, 0.15) is 22.6 Å². The van der Waals surface area contributed by atoms with Gasteiger partial charge in [-0.15, -0.1) is 11.3 Å². The smallest absolute Gasteiger partial charge is 0.266 e. The van der Waals surface area contributed by atoms with Crippen LogP contribution in [0.4, 0.5) is 0 Å². The maximum atomic E-state index is 13.0. The highest BCUT2D eigenvalue weighted by molar-refractivity contribution is 9.10. The van der Waals surface area contributed by atoms with Crippen LogP contribution in [0.15, 0.2) is 44.7 Å². The topological polar surface area (TPSA) is 60.1 Å². The first-order valence-electron chi connectivity index (χ1n) is 8.04. The number of halogens is 1. The number of rotatable bonds is 2. The summed E-state index contributed by atoms with van der Waals surface area (Å²) in [6.07, 6.45) is 1.66. The van der Waals surface area contributed by atoms with Crippen molar-refractivity contribution in [3.05, 3.63) is 67.8 Å². The van der Waals surface area contributed by atoms with Crippen molar-refractivity contribution >= 4 is 53.9 Å². The predicted molar refractivity (Wildman–Crippen MR) is 111 cm³/mol. The number of benzene rings is 1. The number of thiophene rings is 1. The van der Waals surface area contributed by atoms with Gasteiger partial charge in [0, 0.05) is 15.6 Å². The van der Waals surface area contributed by atoms with Gasteiger partial charge in [0.05, 0.1) is 11.7 Å². The van der Waals surface area contributed by atoms with E-state index < -0.39 is 0 Å². The maximum absolute atomic E-state index is 13.0. The van der Waals surface area contributed by atoms with Gasteiger partial charge in [-0.2, -0.15) is 9.78 Å². The Morgan fingerprint density at radius 2 is 1.88 bits per heavy atom. The molecule has 0 aliphatic heterocycles. The molecule has 0 radical (unpaired) electrons. The Hall–Kier alpha value is -2.38. The first kappa shape index (κ1) is 17.1. The Kier molecular flexibility index (Phi) is 4.20. The molecule has 130 valence electrons. The highest BCUT2D eigenvalue weighted by Gasteiger charge is 2.16. The van der Waals surface area contributed by atoms with Crippen LogP contribution >= 0.6 is 27.3 Å². The molecule has 0 atom stereocenters. The summed E-state index contributed by atoms with van der Waals surface area (Å²) in [5.74, 6) is 0.551. The van der Waals surface area contributed by atoms with Crippen molar-refractivity contribution in [1.82, 2.24) is 14.6 Å². The normalized spacial score (nSPS) is 11.8. The number of pyridine rings is 1. The molecule has 0 aliphatic carbocycles. The van der Waals surface area contributed by atoms with Crippen molar-refractivity contribution in [1.29, 1.82) is 0 Å². The SMILES string of the molecule is Cc1cc(C)c2c(n1)sc1c(=O)n(/N=C/c3ccc(Br)cc3)c(C)nc12. The second-order valence-electron chi connectivity index (χ2n) is 6.11. The molecule has 4 aromatic rings. The van der Waals surface area contributed by atoms with Gasteiger partial charge < -0.3 is 0 Å². The standard InChI is InChI=1S/C19H15BrN4OS/c1-10-8-11(2)22-18-15(10)16-17(26-18)19(25)24(12(3)23-16)21-9-13-4-6-14(20)7-5-13/h4-9H,1-3H3/b21-9+. The van der Waals surface area contributed by atoms with Crippen LogP contribution < -0.4 is 5.56 Å². The van der Waals surface area contributed by atoms with Crippen LogP contribution in [-0.4, -0.2) is 20.9 Å². The fraction of sp³-hybridized carbons (Fsp3) is 0.158. The molecule has 0 fully saturated rings. The van der Waals surface area contributed by atoms with Crippen LogP contribution in [0.2, 0.25) is 0 Å². The maximum Gasteiger partial charge on any atom is 0.292 e. The monoisotopic (exact) mass is 426 g/mol. The molecule has 3 aromatic heterocycles. The highest BCUT2D eigenvalue weighted by Crippen LogP contribution is 2.32. The molecule has 7 heteroatoms. The van der Waals surface area contributed by atoms with Gasteiger partial charge in [0.25, 0.3) is 5.56 Å². The summed E-state index contributed by atoms with van der Waals surface area (Å²) in [7, 11) is 0. The lowest BCUT2D eigenvalue weighted by Gasteiger charge is -2.04. The van der Waals surface area contributed by atoms with Gasteiger partial charge in [-0.3, -0.25) is 4.79 Å². The first-order chi connectivity index (χ1) is 12.4. The first-order valence-corrected chi connectivity index (χ1v) is 9.65. The summed E-state index contributed by atoms with van der Waals surface area (Å²) in [4.78, 5) is 23.0. The summed E-state index contributed by atoms with van der Waals surface area (Å²) in [5, 5.41) is 5.31. The number of aryl methyl sites for hydroxylation is 3. The van der Waals surface area contributed by atoms with Crippen LogP contribution in [0.3, 0.4) is 0 Å². The molecule has 0 N–H and O–H groups in total. The minimum atomic E-state index is -0.166. The van der Waals surface area contributed by atoms with Crippen molar-refractivity contribution < 1.29 is 0 Å². The molecule has 0 saturated heterocycles. The molecule has 0 amide bonds. The second kappa shape index (κ2) is 6.41. The average Bonchev–Trinajstić information content (AvgIpc) is 2.95. The van der Waals surface area contributed by atoms with E-state index in [2.05, 4.69) is 31.0 Å². The molecule has 0 unspecified atom stereocenters. The lowest BCUT2D eigenvalue weighted by atomic mass is 10.1. The van der Waals surface area contributed by atoms with Crippen molar-refractivity contribution in [2.24, 2.45) is 5.10 Å². The van der Waals surface area contributed by atoms with Crippen molar-refractivity contribution in [2.75, 3.05) is 0 Å². The van der Waals surface area contributed by atoms with Gasteiger partial charge in [-0.25, -0.2) is 9.97 Å². The van der Waals surface area contributed by atoms with Gasteiger partial charge in [-0.1, -0.05) is 28.1 Å². The van der Waals surface area contributed by atoms with Crippen LogP contribution in [-0.2, 0) is 0 Å². The van der Waals surface area contributed by atoms with E-state index in [0.29, 0.717) is 16.0 Å². The van der Waals surface area contributed by atoms with E-state index in [1.165, 1.54) is 16.0 Å². The van der Waals surface area contributed by atoms with Gasteiger partial charge in [0.1, 0.15) is 15.4 Å². The van der Waals surface area contributed by atoms with E-state index in [0.717, 1.165) is 31.5 Å². The average molecular weight is 427 g/mol. The summed E-state index contributed by atoms with van der Waals surface area (Å²) >= 11 is 4.78. The van der Waals surface area contributed by atoms with E-state index in [4.69, 9.17) is 0 Å². The summed E-state index contributed by atoms with van der Waals surface area (Å²) in [6.45, 7) is 5.77. The van der Waals surface area contributed by atoms with Gasteiger partial charge >= 0.3 is 0 Å². The summed E-state index contributed by atoms with van der Waals surface area (Å²) < 4.78 is 2.93. The highest BCUT2D eigenvalue weighted by atomic mass is 79.9. The number of hydrogen-bond donors (Lipinski definition) is 0. The molecule has 0 saturated carbocycles. The van der Waals surface area contributed by atoms with Crippen molar-refractivity contribution in [3.63, 3.8) is 0 Å². The van der Waals surface area contributed by atoms with Crippen molar-refractivity contribution in [2.45, 2.75) is 20.8 Å². The minimum absolute atomic E-state index is 0.166. The lowest BCUT2D eigenvalue weighted by molar-refractivity contribution is 0.773. The van der Waals surface area contributed by atoms with Crippen LogP contribution in [0, 0.1) is 20.8 Å². The number of hydrogen-bond acceptors (Lipinski definition) is 5. The Morgan fingerprint density at radius 1 is 1.15 bits per heavy atom. The molecule has 3 heterocycles. The van der Waals surface area contributed by atoms with Crippen LogP contribution in [0.25, 0.3) is 20.4 Å². The Labute approximate surface area is 162 Å². The van der Waals surface area contributed by atoms with E-state index in [9.17, 15) is 4.79 Å². The zero-order chi connectivity index (χ0) is 18.4. The second-order valence-corrected chi connectivity index (χ2v) is 8.03. The largest absolute Gasteiger partial charge is 0.292 e. The molecule has 0 aliphatic rings. The molecule has 26 heavy (non-hydrogen) atoms. The third-order valence-corrected chi connectivity index (χ3v) is 5.71. The zero-order valence-corrected chi connectivity index (χ0v) is 16.8. The van der Waals surface area contributed by atoms with Gasteiger partial charge in [0.15, 0.2) is 0 Å². The fourth-order valence-electron chi connectivity index (χ4n) is 2.94. The quantitative estimate of drug-likeness (QED) is 0.440. The number of nitrogens with zero attached hydrogens (tertiary/aromatic N) is 4. The van der Waals surface area contributed by atoms with E-state index in [1.807, 2.05) is 44.2 Å². The molecular weight excluding hydrogens is 412 g/mol. The predicted octanol–water partition coefficient (Wildman–Crippen LogP) is 4.58. The number of fused-ring (bicyclic) bond motifs is 3. The fourth-order valence-corrected chi connectivity index (χ4v) is 4.36. The molecule has 0 spiro atoms. The summed E-state index contributed by atoms with van der Waals surface area (Å²) in [6, 6.07) is 9.73. The molecule has 4 rings (SSSR count).